The van der Waals surface area contributed by atoms with Crippen LogP contribution in [0.5, 0.6) is 5.75 Å². The summed E-state index contributed by atoms with van der Waals surface area (Å²) in [6.07, 6.45) is 2.31. The summed E-state index contributed by atoms with van der Waals surface area (Å²) >= 11 is 0. The van der Waals surface area contributed by atoms with Gasteiger partial charge in [-0.3, -0.25) is 4.79 Å². The Morgan fingerprint density at radius 1 is 1.32 bits per heavy atom. The molecule has 1 saturated carbocycles. The van der Waals surface area contributed by atoms with Crippen molar-refractivity contribution in [2.45, 2.75) is 25.8 Å². The molecule has 22 heavy (non-hydrogen) atoms. The second-order valence-corrected chi connectivity index (χ2v) is 6.16. The van der Waals surface area contributed by atoms with E-state index in [4.69, 9.17) is 4.74 Å². The molecule has 0 unspecified atom stereocenters. The molecule has 1 saturated heterocycles. The molecule has 0 bridgehead atoms. The molecule has 2 fully saturated rings. The van der Waals surface area contributed by atoms with Gasteiger partial charge in [-0.25, -0.2) is 0 Å². The van der Waals surface area contributed by atoms with Gasteiger partial charge in [0.25, 0.3) is 5.91 Å². The molecule has 0 spiro atoms. The minimum Gasteiger partial charge on any atom is -0.492 e. The van der Waals surface area contributed by atoms with Gasteiger partial charge in [-0.05, 0) is 31.9 Å². The summed E-state index contributed by atoms with van der Waals surface area (Å²) in [7, 11) is 0. The maximum Gasteiger partial charge on any atom is 0.275 e. The zero-order valence-corrected chi connectivity index (χ0v) is 13.3. The Balaban J connectivity index is 1.51. The van der Waals surface area contributed by atoms with Gasteiger partial charge in [-0.15, -0.1) is 0 Å². The average molecular weight is 304 g/mol. The highest BCUT2D eigenvalue weighted by Crippen LogP contribution is 2.27. The normalized spacial score (nSPS) is 19.0. The second kappa shape index (κ2) is 7.01. The summed E-state index contributed by atoms with van der Waals surface area (Å²) in [5.41, 5.74) is 1.17. The Labute approximate surface area is 132 Å². The zero-order chi connectivity index (χ0) is 15.4. The first-order valence-corrected chi connectivity index (χ1v) is 8.36. The maximum atomic E-state index is 11.9. The van der Waals surface area contributed by atoms with E-state index in [0.717, 1.165) is 44.8 Å². The van der Waals surface area contributed by atoms with Crippen LogP contribution < -0.4 is 19.9 Å². The van der Waals surface area contributed by atoms with Gasteiger partial charge >= 0.3 is 0 Å². The number of carbonyl (C=O) groups is 1. The van der Waals surface area contributed by atoms with Gasteiger partial charge in [0.15, 0.2) is 6.54 Å². The topological polar surface area (TPSA) is 46.0 Å². The van der Waals surface area contributed by atoms with Crippen LogP contribution in [-0.2, 0) is 4.79 Å². The van der Waals surface area contributed by atoms with Crippen molar-refractivity contribution in [3.63, 3.8) is 0 Å². The number of hydrogen-bond donors (Lipinski definition) is 2. The van der Waals surface area contributed by atoms with E-state index in [2.05, 4.69) is 22.3 Å². The minimum atomic E-state index is 0.209. The molecule has 1 aromatic carbocycles. The number of piperazine rings is 1. The Morgan fingerprint density at radius 3 is 2.73 bits per heavy atom. The van der Waals surface area contributed by atoms with Gasteiger partial charge in [0.1, 0.15) is 5.75 Å². The quantitative estimate of drug-likeness (QED) is 0.782. The van der Waals surface area contributed by atoms with E-state index in [1.807, 2.05) is 19.1 Å². The first-order valence-electron chi connectivity index (χ1n) is 8.36. The number of quaternary nitrogens is 1. The molecule has 3 rings (SSSR count). The molecule has 2 aliphatic rings. The Bertz CT molecular complexity index is 508. The van der Waals surface area contributed by atoms with E-state index in [-0.39, 0.29) is 5.91 Å². The Hall–Kier alpha value is -1.75. The molecular weight excluding hydrogens is 278 g/mol. The van der Waals surface area contributed by atoms with Crippen LogP contribution in [-0.4, -0.2) is 51.3 Å². The van der Waals surface area contributed by atoms with Crippen molar-refractivity contribution in [3.8, 4) is 5.75 Å². The Morgan fingerprint density at radius 2 is 2.05 bits per heavy atom. The average Bonchev–Trinajstić information content (AvgIpc) is 3.33. The summed E-state index contributed by atoms with van der Waals surface area (Å²) in [6.45, 7) is 7.24. The Kier molecular flexibility index (Phi) is 4.83. The standard InChI is InChI=1S/C17H25N3O2/c1-2-22-16-6-4-3-5-15(16)20-11-9-19(10-12-20)13-17(21)18-14-7-8-14/h3-6,14H,2,7-13H2,1H3,(H,18,21)/p+1. The highest BCUT2D eigenvalue weighted by atomic mass is 16.5. The molecule has 2 N–H and O–H groups in total. The van der Waals surface area contributed by atoms with E-state index in [9.17, 15) is 4.79 Å². The monoisotopic (exact) mass is 304 g/mol. The highest BCUT2D eigenvalue weighted by molar-refractivity contribution is 5.77. The predicted molar refractivity (Wildman–Crippen MR) is 86.6 cm³/mol. The lowest BCUT2D eigenvalue weighted by molar-refractivity contribution is -0.892. The lowest BCUT2D eigenvalue weighted by atomic mass is 10.2. The predicted octanol–water partition coefficient (Wildman–Crippen LogP) is 0.0688. The lowest BCUT2D eigenvalue weighted by Crippen LogP contribution is -3.16. The maximum absolute atomic E-state index is 11.9. The minimum absolute atomic E-state index is 0.209. The number of carbonyl (C=O) groups excluding carboxylic acids is 1. The molecule has 0 atom stereocenters. The molecule has 5 heteroatoms. The number of amides is 1. The number of nitrogens with one attached hydrogen (secondary N) is 2. The van der Waals surface area contributed by atoms with Crippen molar-refractivity contribution in [2.75, 3.05) is 44.2 Å². The summed E-state index contributed by atoms with van der Waals surface area (Å²) in [5.74, 6) is 1.17. The van der Waals surface area contributed by atoms with Crippen LogP contribution in [0.1, 0.15) is 19.8 Å². The van der Waals surface area contributed by atoms with Crippen LogP contribution in [0.25, 0.3) is 0 Å². The smallest absolute Gasteiger partial charge is 0.275 e. The molecule has 1 aliphatic heterocycles. The molecule has 1 amide bonds. The van der Waals surface area contributed by atoms with Crippen LogP contribution in [0, 0.1) is 0 Å². The first-order chi connectivity index (χ1) is 10.8. The van der Waals surface area contributed by atoms with Crippen molar-refractivity contribution in [1.82, 2.24) is 5.32 Å². The summed E-state index contributed by atoms with van der Waals surface area (Å²) in [5, 5.41) is 3.08. The van der Waals surface area contributed by atoms with E-state index in [1.54, 1.807) is 0 Å². The van der Waals surface area contributed by atoms with Gasteiger partial charge < -0.3 is 19.9 Å². The van der Waals surface area contributed by atoms with E-state index in [1.165, 1.54) is 10.6 Å². The number of nitrogens with zero attached hydrogens (tertiary/aromatic N) is 1. The van der Waals surface area contributed by atoms with Crippen molar-refractivity contribution in [1.29, 1.82) is 0 Å². The molecule has 5 nitrogen and oxygen atoms in total. The molecule has 1 heterocycles. The number of para-hydroxylation sites is 2. The highest BCUT2D eigenvalue weighted by Gasteiger charge is 2.27. The molecule has 0 radical (unpaired) electrons. The second-order valence-electron chi connectivity index (χ2n) is 6.16. The van der Waals surface area contributed by atoms with Crippen LogP contribution in [0.2, 0.25) is 0 Å². The van der Waals surface area contributed by atoms with Gasteiger partial charge in [0.05, 0.1) is 38.5 Å². The van der Waals surface area contributed by atoms with Gasteiger partial charge in [0.2, 0.25) is 0 Å². The third-order valence-electron chi connectivity index (χ3n) is 4.33. The fraction of sp³-hybridized carbons (Fsp3) is 0.588. The lowest BCUT2D eigenvalue weighted by Gasteiger charge is -2.34. The number of hydrogen-bond acceptors (Lipinski definition) is 3. The third-order valence-corrected chi connectivity index (χ3v) is 4.33. The van der Waals surface area contributed by atoms with Crippen molar-refractivity contribution < 1.29 is 14.4 Å². The van der Waals surface area contributed by atoms with Gasteiger partial charge in [0, 0.05) is 6.04 Å². The fourth-order valence-electron chi connectivity index (χ4n) is 2.97. The van der Waals surface area contributed by atoms with E-state index in [0.29, 0.717) is 19.2 Å². The van der Waals surface area contributed by atoms with Crippen LogP contribution in [0.4, 0.5) is 5.69 Å². The largest absolute Gasteiger partial charge is 0.492 e. The van der Waals surface area contributed by atoms with Gasteiger partial charge in [-0.1, -0.05) is 12.1 Å². The number of anilines is 1. The van der Waals surface area contributed by atoms with Crippen LogP contribution in [0.3, 0.4) is 0 Å². The SMILES string of the molecule is CCOc1ccccc1N1CC[NH+](CC(=O)NC2CC2)CC1. The molecule has 1 aliphatic carbocycles. The van der Waals surface area contributed by atoms with Crippen LogP contribution >= 0.6 is 0 Å². The third kappa shape index (κ3) is 3.91. The van der Waals surface area contributed by atoms with Gasteiger partial charge in [-0.2, -0.15) is 0 Å². The van der Waals surface area contributed by atoms with E-state index >= 15 is 0 Å². The number of rotatable bonds is 6. The summed E-state index contributed by atoms with van der Waals surface area (Å²) in [4.78, 5) is 15.6. The molecular formula is C17H26N3O2+. The first kappa shape index (κ1) is 15.2. The molecule has 0 aromatic heterocycles. The van der Waals surface area contributed by atoms with Crippen molar-refractivity contribution >= 4 is 11.6 Å². The molecule has 120 valence electrons. The van der Waals surface area contributed by atoms with Crippen LogP contribution in [0.15, 0.2) is 24.3 Å². The van der Waals surface area contributed by atoms with Crippen molar-refractivity contribution in [2.24, 2.45) is 0 Å². The summed E-state index contributed by atoms with van der Waals surface area (Å²) in [6, 6.07) is 8.68. The fourth-order valence-corrected chi connectivity index (χ4v) is 2.97. The van der Waals surface area contributed by atoms with E-state index < -0.39 is 0 Å². The summed E-state index contributed by atoms with van der Waals surface area (Å²) < 4.78 is 5.72. The number of benzene rings is 1. The van der Waals surface area contributed by atoms with Crippen molar-refractivity contribution in [3.05, 3.63) is 24.3 Å². The molecule has 1 aromatic rings. The number of ether oxygens (including phenoxy) is 1. The zero-order valence-electron chi connectivity index (χ0n) is 13.3.